The van der Waals surface area contributed by atoms with Gasteiger partial charge in [0.2, 0.25) is 6.10 Å². The number of halogens is 6. The molecule has 0 spiro atoms. The summed E-state index contributed by atoms with van der Waals surface area (Å²) >= 11 is 0. The summed E-state index contributed by atoms with van der Waals surface area (Å²) in [5.74, 6) is 13.3. The molecule has 0 aliphatic carbocycles. The van der Waals surface area contributed by atoms with Crippen LogP contribution in [0.1, 0.15) is 178 Å². The molecule has 0 bridgehead atoms. The molecule has 81 heavy (non-hydrogen) atoms. The van der Waals surface area contributed by atoms with Crippen LogP contribution in [0.3, 0.4) is 0 Å². The first-order chi connectivity index (χ1) is 39.1. The van der Waals surface area contributed by atoms with Crippen molar-refractivity contribution in [2.24, 2.45) is 0 Å². The van der Waals surface area contributed by atoms with Gasteiger partial charge >= 0.3 is 30.3 Å². The van der Waals surface area contributed by atoms with Crippen molar-refractivity contribution in [3.8, 4) is 47.9 Å². The highest BCUT2D eigenvalue weighted by molar-refractivity contribution is 5.87. The van der Waals surface area contributed by atoms with Crippen molar-refractivity contribution in [2.75, 3.05) is 14.2 Å². The molecule has 0 saturated carbocycles. The Labute approximate surface area is 478 Å². The Balaban J connectivity index is 1.76. The lowest BCUT2D eigenvalue weighted by Gasteiger charge is -2.32. The van der Waals surface area contributed by atoms with Gasteiger partial charge in [0, 0.05) is 37.7 Å². The number of hydrogen-bond donors (Lipinski definition) is 1. The lowest BCUT2D eigenvalue weighted by Crippen LogP contribution is -2.52. The Hall–Kier alpha value is -6.71. The number of unbranched alkanes of at least 4 members (excludes halogenated alkanes) is 22. The quantitative estimate of drug-likeness (QED) is 0.0233. The van der Waals surface area contributed by atoms with Gasteiger partial charge in [-0.25, -0.2) is 14.4 Å². The molecule has 0 aromatic heterocycles. The van der Waals surface area contributed by atoms with Crippen LogP contribution in [-0.4, -0.2) is 61.8 Å². The number of carbonyl (C=O) groups is 3. The lowest BCUT2D eigenvalue weighted by molar-refractivity contribution is -0.277. The van der Waals surface area contributed by atoms with Crippen LogP contribution >= 0.6 is 0 Å². The fourth-order valence-corrected chi connectivity index (χ4v) is 8.59. The molecule has 440 valence electrons. The van der Waals surface area contributed by atoms with E-state index in [-0.39, 0.29) is 0 Å². The van der Waals surface area contributed by atoms with Crippen LogP contribution < -0.4 is 0 Å². The summed E-state index contributed by atoms with van der Waals surface area (Å²) in [6, 6.07) is 12.9. The molecule has 0 aliphatic rings. The number of benzene rings is 2. The van der Waals surface area contributed by atoms with E-state index < -0.39 is 64.8 Å². The fourth-order valence-electron chi connectivity index (χ4n) is 8.59. The van der Waals surface area contributed by atoms with Crippen LogP contribution in [0.15, 0.2) is 121 Å². The highest BCUT2D eigenvalue weighted by Gasteiger charge is 2.65. The maximum Gasteiger partial charge on any atom is 0.432 e. The van der Waals surface area contributed by atoms with Crippen LogP contribution in [0.2, 0.25) is 0 Å². The summed E-state index contributed by atoms with van der Waals surface area (Å²) in [4.78, 5) is 36.7. The smallest absolute Gasteiger partial charge is 0.432 e. The summed E-state index contributed by atoms with van der Waals surface area (Å²) < 4.78 is 107. The van der Waals surface area contributed by atoms with Crippen molar-refractivity contribution in [3.63, 3.8) is 0 Å². The zero-order valence-corrected chi connectivity index (χ0v) is 47.2. The zero-order valence-electron chi connectivity index (χ0n) is 47.2. The monoisotopic (exact) mass is 1130 g/mol. The van der Waals surface area contributed by atoms with Crippen LogP contribution in [0.25, 0.3) is 0 Å². The van der Waals surface area contributed by atoms with Crippen LogP contribution in [0, 0.1) is 47.9 Å². The predicted molar refractivity (Wildman–Crippen MR) is 308 cm³/mol. The second kappa shape index (κ2) is 42.2. The van der Waals surface area contributed by atoms with Crippen molar-refractivity contribution >= 4 is 17.9 Å². The number of hydrogen-bond acceptors (Lipinski definition) is 7. The van der Waals surface area contributed by atoms with E-state index in [4.69, 9.17) is 30.5 Å². The molecule has 0 unspecified atom stereocenters. The van der Waals surface area contributed by atoms with E-state index in [9.17, 15) is 40.7 Å². The van der Waals surface area contributed by atoms with E-state index in [0.29, 0.717) is 44.9 Å². The number of carboxylic acid groups (broad SMARTS) is 1. The number of carbonyl (C=O) groups excluding carboxylic acids is 2. The van der Waals surface area contributed by atoms with E-state index in [2.05, 4.69) is 65.7 Å². The first-order valence-electron chi connectivity index (χ1n) is 28.3. The number of carboxylic acids is 1. The summed E-state index contributed by atoms with van der Waals surface area (Å²) in [5.41, 5.74) is -7.71. The van der Waals surface area contributed by atoms with Gasteiger partial charge < -0.3 is 24.1 Å². The molecule has 0 fully saturated rings. The lowest BCUT2D eigenvalue weighted by atomic mass is 9.92. The maximum atomic E-state index is 14.6. The molecular weight excluding hydrogens is 1050 g/mol. The third kappa shape index (κ3) is 28.0. The minimum atomic E-state index is -5.18. The normalized spacial score (nSPS) is 14.1. The van der Waals surface area contributed by atoms with E-state index in [1.807, 2.05) is 12.2 Å². The molecule has 1 N–H and O–H groups in total. The van der Waals surface area contributed by atoms with Gasteiger partial charge in [-0.2, -0.15) is 26.3 Å². The number of methoxy groups -OCH3 is 2. The number of ether oxygens (including phenoxy) is 4. The molecular formula is C67H82F6O8. The van der Waals surface area contributed by atoms with Crippen LogP contribution in [0.5, 0.6) is 0 Å². The van der Waals surface area contributed by atoms with E-state index >= 15 is 0 Å². The molecule has 14 heteroatoms. The van der Waals surface area contributed by atoms with E-state index in [1.54, 1.807) is 18.2 Å². The number of aliphatic carboxylic acids is 1. The Morgan fingerprint density at radius 2 is 0.889 bits per heavy atom. The van der Waals surface area contributed by atoms with Crippen LogP contribution in [0.4, 0.5) is 26.3 Å². The number of rotatable bonds is 38. The zero-order chi connectivity index (χ0) is 59.3. The summed E-state index contributed by atoms with van der Waals surface area (Å²) in [5, 5.41) is 8.48. The standard InChI is InChI=1S/C67H82F6O8/c1-4-59(80-62(76)64(78-2,66(68,69)70)57-49-41-39-42-50-57)53-45-35-31-29-30-33-37-47-55-60(81-63(77)65(79-3,67(71,72)73)58-51-43-40-44-52-58)54-46-36-32-27-25-23-21-19-17-15-13-11-9-7-5-6-8-10-12-14-16-18-20-22-24-26-28-34-38-48-56-61(74)75/h1,9,11,21,23,32,34,36,38-45,49-53,59-60H,5-8,10,12-20,22,24-31,33,35,37H2,2-3H3,(H,74,75)/b11-9-,23-21-,36-32+,38-34-,53-45+/t59-,60-,64+,65+/m1/s1. The molecule has 2 aromatic rings. The van der Waals surface area contributed by atoms with E-state index in [1.165, 1.54) is 113 Å². The van der Waals surface area contributed by atoms with Gasteiger partial charge in [-0.3, -0.25) is 0 Å². The second-order valence-corrected chi connectivity index (χ2v) is 19.3. The van der Waals surface area contributed by atoms with Crippen LogP contribution in [-0.2, 0) is 44.5 Å². The second-order valence-electron chi connectivity index (χ2n) is 19.3. The Morgan fingerprint density at radius 1 is 0.506 bits per heavy atom. The molecule has 0 amide bonds. The molecule has 8 nitrogen and oxygen atoms in total. The summed E-state index contributed by atoms with van der Waals surface area (Å²) in [7, 11) is 1.55. The summed E-state index contributed by atoms with van der Waals surface area (Å²) in [6.07, 6.45) is 37.5. The van der Waals surface area contributed by atoms with Crippen molar-refractivity contribution in [2.45, 2.75) is 203 Å². The molecule has 0 saturated heterocycles. The fraction of sp³-hybridized carbons (Fsp3) is 0.507. The van der Waals surface area contributed by atoms with Crippen molar-refractivity contribution in [1.29, 1.82) is 0 Å². The Morgan fingerprint density at radius 3 is 1.35 bits per heavy atom. The average molecular weight is 1130 g/mol. The third-order valence-electron chi connectivity index (χ3n) is 13.0. The summed E-state index contributed by atoms with van der Waals surface area (Å²) in [6.45, 7) is 0. The minimum absolute atomic E-state index is 0.319. The van der Waals surface area contributed by atoms with Crippen molar-refractivity contribution in [3.05, 3.63) is 133 Å². The molecule has 0 aliphatic heterocycles. The third-order valence-corrected chi connectivity index (χ3v) is 13.0. The highest BCUT2D eigenvalue weighted by Crippen LogP contribution is 2.44. The molecule has 4 atom stereocenters. The van der Waals surface area contributed by atoms with Gasteiger partial charge in [0.05, 0.1) is 0 Å². The predicted octanol–water partition coefficient (Wildman–Crippen LogP) is 16.7. The topological polar surface area (TPSA) is 108 Å². The molecule has 0 heterocycles. The van der Waals surface area contributed by atoms with Crippen molar-refractivity contribution < 1.29 is 64.8 Å². The molecule has 0 radical (unpaired) electrons. The van der Waals surface area contributed by atoms with Gasteiger partial charge in [0.15, 0.2) is 6.10 Å². The van der Waals surface area contributed by atoms with Gasteiger partial charge in [-0.1, -0.05) is 204 Å². The number of alkyl halides is 6. The number of terminal acetylenes is 1. The highest BCUT2D eigenvalue weighted by atomic mass is 19.4. The maximum absolute atomic E-state index is 14.6. The number of esters is 2. The van der Waals surface area contributed by atoms with Gasteiger partial charge in [-0.15, -0.1) is 6.42 Å². The first-order valence-corrected chi connectivity index (χ1v) is 28.3. The molecule has 2 aromatic carbocycles. The molecule has 2 rings (SSSR count). The van der Waals surface area contributed by atoms with Gasteiger partial charge in [0.1, 0.15) is 0 Å². The van der Waals surface area contributed by atoms with E-state index in [0.717, 1.165) is 89.9 Å². The van der Waals surface area contributed by atoms with Gasteiger partial charge in [-0.05, 0) is 114 Å². The largest absolute Gasteiger partial charge is 0.472 e. The Bertz CT molecular complexity index is 2490. The SMILES string of the molecule is C#C[C@H](/C=C/CCCCCCC#C[C@@H](C#C/C=C/CC/C=C\CCCC/C=C\CCCCCCCCCCCCCC/C=C\C#CC(=O)O)OC(=O)[C@@](OC)(c1ccccc1)C(F)(F)F)OC(=O)[C@@](OC)(c1ccccc1)C(F)(F)F. The van der Waals surface area contributed by atoms with Crippen molar-refractivity contribution in [1.82, 2.24) is 0 Å². The minimum Gasteiger partial charge on any atom is -0.472 e. The first kappa shape index (κ1) is 70.4. The van der Waals surface area contributed by atoms with Gasteiger partial charge in [0.25, 0.3) is 11.2 Å². The Kier molecular flexibility index (Phi) is 36.7. The average Bonchev–Trinajstić information content (AvgIpc) is 3.64. The number of allylic oxidation sites excluding steroid dienone is 9.